The molecular weight excluding hydrogens is 308 g/mol. The van der Waals surface area contributed by atoms with E-state index in [0.29, 0.717) is 17.5 Å². The number of nitrogens with one attached hydrogen (secondary N) is 1. The smallest absolute Gasteiger partial charge is 0.230 e. The summed E-state index contributed by atoms with van der Waals surface area (Å²) < 4.78 is 6.73. The van der Waals surface area contributed by atoms with E-state index >= 15 is 0 Å². The van der Waals surface area contributed by atoms with Crippen LogP contribution < -0.4 is 11.1 Å². The van der Waals surface area contributed by atoms with Crippen LogP contribution in [0.2, 0.25) is 0 Å². The molecule has 1 spiro atoms. The molecule has 1 amide bonds. The number of hydrogen-bond acceptors (Lipinski definition) is 7. The maximum atomic E-state index is 12.0. The van der Waals surface area contributed by atoms with Gasteiger partial charge in [0, 0.05) is 0 Å². The molecule has 1 aromatic heterocycles. The molecule has 3 N–H and O–H groups in total. The maximum absolute atomic E-state index is 12.0. The van der Waals surface area contributed by atoms with Gasteiger partial charge in [0.05, 0.1) is 24.0 Å². The molecule has 1 saturated carbocycles. The first kappa shape index (κ1) is 15.1. The van der Waals surface area contributed by atoms with Gasteiger partial charge in [0.25, 0.3) is 0 Å². The summed E-state index contributed by atoms with van der Waals surface area (Å²) in [6, 6.07) is 0.149. The van der Waals surface area contributed by atoms with E-state index in [4.69, 9.17) is 10.5 Å². The third kappa shape index (κ3) is 3.87. The molecule has 0 bridgehead atoms. The zero-order valence-electron chi connectivity index (χ0n) is 11.8. The highest BCUT2D eigenvalue weighted by molar-refractivity contribution is 8.01. The molecule has 21 heavy (non-hydrogen) atoms. The molecule has 2 aliphatic rings. The summed E-state index contributed by atoms with van der Waals surface area (Å²) in [5.41, 5.74) is 5.55. The summed E-state index contributed by atoms with van der Waals surface area (Å²) in [6.07, 6.45) is 7.03. The van der Waals surface area contributed by atoms with E-state index in [1.165, 1.54) is 42.4 Å². The highest BCUT2D eigenvalue weighted by Crippen LogP contribution is 2.39. The van der Waals surface area contributed by atoms with Crippen molar-refractivity contribution < 1.29 is 9.53 Å². The third-order valence-corrected chi connectivity index (χ3v) is 5.97. The molecule has 1 atom stereocenters. The lowest BCUT2D eigenvalue weighted by Crippen LogP contribution is -2.38. The monoisotopic (exact) mass is 328 g/mol. The van der Waals surface area contributed by atoms with Crippen molar-refractivity contribution in [2.75, 3.05) is 18.1 Å². The number of nitrogens with zero attached hydrogens (tertiary/aromatic N) is 2. The molecule has 8 heteroatoms. The summed E-state index contributed by atoms with van der Waals surface area (Å²) in [6.45, 7) is 0.641. The summed E-state index contributed by atoms with van der Waals surface area (Å²) in [4.78, 5) is 12.0. The highest BCUT2D eigenvalue weighted by Gasteiger charge is 2.41. The Labute approximate surface area is 132 Å². The molecule has 1 aliphatic heterocycles. The molecule has 3 rings (SSSR count). The fourth-order valence-corrected chi connectivity index (χ4v) is 4.60. The Bertz CT molecular complexity index is 502. The molecule has 6 nitrogen and oxygen atoms in total. The number of amides is 1. The SMILES string of the molecule is Nc1nnc(SCC(=O)N[C@H]2COC3(CCCCC3)C2)s1. The largest absolute Gasteiger partial charge is 0.374 e. The Morgan fingerprint density at radius 1 is 1.43 bits per heavy atom. The number of carbonyl (C=O) groups is 1. The minimum atomic E-state index is 0.0234. The van der Waals surface area contributed by atoms with Crippen molar-refractivity contribution in [3.63, 3.8) is 0 Å². The van der Waals surface area contributed by atoms with Gasteiger partial charge in [-0.3, -0.25) is 4.79 Å². The summed E-state index contributed by atoms with van der Waals surface area (Å²) in [5, 5.41) is 11.1. The number of nitrogens with two attached hydrogens (primary N) is 1. The molecular formula is C13H20N4O2S2. The Kier molecular flexibility index (Phi) is 4.66. The molecule has 0 radical (unpaired) electrons. The fourth-order valence-electron chi connectivity index (χ4n) is 3.16. The van der Waals surface area contributed by atoms with E-state index in [9.17, 15) is 4.79 Å². The van der Waals surface area contributed by atoms with Gasteiger partial charge in [-0.1, -0.05) is 42.4 Å². The van der Waals surface area contributed by atoms with Crippen LogP contribution in [0.1, 0.15) is 38.5 Å². The first-order chi connectivity index (χ1) is 10.2. The number of rotatable bonds is 4. The van der Waals surface area contributed by atoms with Gasteiger partial charge in [0.2, 0.25) is 11.0 Å². The van der Waals surface area contributed by atoms with E-state index in [-0.39, 0.29) is 17.6 Å². The van der Waals surface area contributed by atoms with Gasteiger partial charge in [0.1, 0.15) is 0 Å². The molecule has 0 unspecified atom stereocenters. The van der Waals surface area contributed by atoms with Crippen molar-refractivity contribution in [1.82, 2.24) is 15.5 Å². The van der Waals surface area contributed by atoms with Gasteiger partial charge in [-0.25, -0.2) is 0 Å². The van der Waals surface area contributed by atoms with Crippen molar-refractivity contribution in [2.24, 2.45) is 0 Å². The minimum Gasteiger partial charge on any atom is -0.374 e. The van der Waals surface area contributed by atoms with Crippen molar-refractivity contribution in [3.8, 4) is 0 Å². The zero-order chi connectivity index (χ0) is 14.7. The predicted octanol–water partition coefficient (Wildman–Crippen LogP) is 1.82. The van der Waals surface area contributed by atoms with Gasteiger partial charge < -0.3 is 15.8 Å². The van der Waals surface area contributed by atoms with E-state index in [1.807, 2.05) is 0 Å². The number of carbonyl (C=O) groups excluding carboxylic acids is 1. The summed E-state index contributed by atoms with van der Waals surface area (Å²) in [7, 11) is 0. The topological polar surface area (TPSA) is 90.1 Å². The molecule has 116 valence electrons. The lowest BCUT2D eigenvalue weighted by atomic mass is 9.82. The number of ether oxygens (including phenoxy) is 1. The Morgan fingerprint density at radius 2 is 2.24 bits per heavy atom. The van der Waals surface area contributed by atoms with Crippen molar-refractivity contribution >= 4 is 34.1 Å². The number of aromatic nitrogens is 2. The average molecular weight is 328 g/mol. The molecule has 2 fully saturated rings. The molecule has 1 saturated heterocycles. The second kappa shape index (κ2) is 6.50. The number of anilines is 1. The molecule has 1 aromatic rings. The number of nitrogen functional groups attached to an aromatic ring is 1. The molecule has 2 heterocycles. The van der Waals surface area contributed by atoms with Crippen LogP contribution in [0.4, 0.5) is 5.13 Å². The van der Waals surface area contributed by atoms with E-state index in [0.717, 1.165) is 23.6 Å². The maximum Gasteiger partial charge on any atom is 0.230 e. The minimum absolute atomic E-state index is 0.0234. The van der Waals surface area contributed by atoms with Crippen LogP contribution in [0.5, 0.6) is 0 Å². The normalized spacial score (nSPS) is 24.3. The Balaban J connectivity index is 1.43. The highest BCUT2D eigenvalue weighted by atomic mass is 32.2. The van der Waals surface area contributed by atoms with E-state index in [2.05, 4.69) is 15.5 Å². The van der Waals surface area contributed by atoms with Gasteiger partial charge in [-0.2, -0.15) is 0 Å². The van der Waals surface area contributed by atoms with Crippen LogP contribution in [-0.4, -0.2) is 40.1 Å². The standard InChI is InChI=1S/C13H20N4O2S2/c14-11-16-17-12(21-11)20-8-10(18)15-9-6-13(19-7-9)4-2-1-3-5-13/h9H,1-8H2,(H2,14,16)(H,15,18)/t9-/m1/s1. The average Bonchev–Trinajstić information content (AvgIpc) is 3.05. The van der Waals surface area contributed by atoms with Gasteiger partial charge in [0.15, 0.2) is 4.34 Å². The number of hydrogen-bond donors (Lipinski definition) is 2. The van der Waals surface area contributed by atoms with Crippen LogP contribution in [0.3, 0.4) is 0 Å². The summed E-state index contributed by atoms with van der Waals surface area (Å²) >= 11 is 2.68. The van der Waals surface area contributed by atoms with Crippen molar-refractivity contribution in [1.29, 1.82) is 0 Å². The predicted molar refractivity (Wildman–Crippen MR) is 83.4 cm³/mol. The third-order valence-electron chi connectivity index (χ3n) is 4.09. The van der Waals surface area contributed by atoms with E-state index in [1.54, 1.807) is 0 Å². The van der Waals surface area contributed by atoms with E-state index < -0.39 is 0 Å². The quantitative estimate of drug-likeness (QED) is 0.820. The molecule has 0 aromatic carbocycles. The van der Waals surface area contributed by atoms with Crippen molar-refractivity contribution in [2.45, 2.75) is 54.5 Å². The van der Waals surface area contributed by atoms with Crippen LogP contribution in [0.15, 0.2) is 4.34 Å². The van der Waals surface area contributed by atoms with Crippen molar-refractivity contribution in [3.05, 3.63) is 0 Å². The second-order valence-electron chi connectivity index (χ2n) is 5.72. The Morgan fingerprint density at radius 3 is 2.95 bits per heavy atom. The lowest BCUT2D eigenvalue weighted by Gasteiger charge is -2.32. The lowest BCUT2D eigenvalue weighted by molar-refractivity contribution is -0.119. The van der Waals surface area contributed by atoms with Crippen LogP contribution in [0, 0.1) is 0 Å². The van der Waals surface area contributed by atoms with Crippen LogP contribution >= 0.6 is 23.1 Å². The second-order valence-corrected chi connectivity index (χ2v) is 7.95. The fraction of sp³-hybridized carbons (Fsp3) is 0.769. The summed E-state index contributed by atoms with van der Waals surface area (Å²) in [5.74, 6) is 0.369. The van der Waals surface area contributed by atoms with Crippen LogP contribution in [0.25, 0.3) is 0 Å². The first-order valence-electron chi connectivity index (χ1n) is 7.30. The van der Waals surface area contributed by atoms with Gasteiger partial charge >= 0.3 is 0 Å². The van der Waals surface area contributed by atoms with Crippen LogP contribution in [-0.2, 0) is 9.53 Å². The Hall–Kier alpha value is -0.860. The molecule has 1 aliphatic carbocycles. The first-order valence-corrected chi connectivity index (χ1v) is 9.11. The van der Waals surface area contributed by atoms with Gasteiger partial charge in [-0.05, 0) is 19.3 Å². The van der Waals surface area contributed by atoms with Gasteiger partial charge in [-0.15, -0.1) is 10.2 Å². The zero-order valence-corrected chi connectivity index (χ0v) is 13.5. The number of thioether (sulfide) groups is 1.